The van der Waals surface area contributed by atoms with Crippen LogP contribution >= 0.6 is 11.8 Å². The molecule has 0 fully saturated rings. The normalized spacial score (nSPS) is 10.8. The summed E-state index contributed by atoms with van der Waals surface area (Å²) in [6, 6.07) is 10.5. The molecule has 176 valence electrons. The van der Waals surface area contributed by atoms with Crippen molar-refractivity contribution >= 4 is 34.9 Å². The Morgan fingerprint density at radius 1 is 0.938 bits per heavy atom. The summed E-state index contributed by atoms with van der Waals surface area (Å²) in [7, 11) is 0. The fraction of sp³-hybridized carbons (Fsp3) is 0.560. The molecule has 0 aliphatic carbocycles. The van der Waals surface area contributed by atoms with Gasteiger partial charge in [-0.1, -0.05) is 44.4 Å². The van der Waals surface area contributed by atoms with E-state index in [9.17, 15) is 4.79 Å². The van der Waals surface area contributed by atoms with E-state index >= 15 is 0 Å². The molecule has 32 heavy (non-hydrogen) atoms. The van der Waals surface area contributed by atoms with Crippen molar-refractivity contribution in [3.63, 3.8) is 0 Å². The number of hydrogen-bond donors (Lipinski definition) is 1. The lowest BCUT2D eigenvalue weighted by atomic mass is 10.1. The van der Waals surface area contributed by atoms with E-state index < -0.39 is 0 Å². The largest absolute Gasteiger partial charge is 0.372 e. The molecule has 2 aromatic rings. The third-order valence-electron chi connectivity index (χ3n) is 5.55. The third kappa shape index (κ3) is 8.01. The van der Waals surface area contributed by atoms with Gasteiger partial charge in [-0.25, -0.2) is 9.97 Å². The van der Waals surface area contributed by atoms with Crippen molar-refractivity contribution in [2.75, 3.05) is 47.6 Å². The Balaban J connectivity index is 1.99. The highest BCUT2D eigenvalue weighted by molar-refractivity contribution is 7.98. The molecule has 6 nitrogen and oxygen atoms in total. The van der Waals surface area contributed by atoms with Crippen LogP contribution in [0.1, 0.15) is 59.3 Å². The molecule has 0 radical (unpaired) electrons. The number of unbranched alkanes of at least 4 members (excludes halogenated alkanes) is 3. The molecule has 0 atom stereocenters. The van der Waals surface area contributed by atoms with Gasteiger partial charge >= 0.3 is 0 Å². The average molecular weight is 458 g/mol. The maximum atomic E-state index is 12.8. The van der Waals surface area contributed by atoms with Crippen LogP contribution in [-0.4, -0.2) is 48.3 Å². The molecule has 0 aliphatic rings. The van der Waals surface area contributed by atoms with E-state index in [0.29, 0.717) is 6.42 Å². The molecule has 0 unspecified atom stereocenters. The maximum Gasteiger partial charge on any atom is 0.224 e. The van der Waals surface area contributed by atoms with Crippen LogP contribution in [0.2, 0.25) is 0 Å². The van der Waals surface area contributed by atoms with Gasteiger partial charge in [-0.3, -0.25) is 4.79 Å². The van der Waals surface area contributed by atoms with Crippen LogP contribution in [0.25, 0.3) is 0 Å². The Hall–Kier alpha value is -2.28. The molecule has 7 heteroatoms. The zero-order valence-electron chi connectivity index (χ0n) is 20.1. The number of anilines is 3. The van der Waals surface area contributed by atoms with Gasteiger partial charge in [-0.2, -0.15) is 0 Å². The molecule has 0 aliphatic heterocycles. The molecule has 1 heterocycles. The first-order valence-corrected chi connectivity index (χ1v) is 13.1. The van der Waals surface area contributed by atoms with Crippen LogP contribution in [0, 0.1) is 0 Å². The molecule has 0 saturated heterocycles. The van der Waals surface area contributed by atoms with E-state index in [1.54, 1.807) is 6.33 Å². The van der Waals surface area contributed by atoms with Gasteiger partial charge in [0.25, 0.3) is 0 Å². The van der Waals surface area contributed by atoms with Gasteiger partial charge in [-0.15, -0.1) is 11.8 Å². The Morgan fingerprint density at radius 2 is 1.66 bits per heavy atom. The predicted molar refractivity (Wildman–Crippen MR) is 138 cm³/mol. The van der Waals surface area contributed by atoms with Crippen molar-refractivity contribution < 1.29 is 4.79 Å². The Morgan fingerprint density at radius 3 is 2.31 bits per heavy atom. The summed E-state index contributed by atoms with van der Waals surface area (Å²) in [5.41, 5.74) is 1.96. The number of aromatic nitrogens is 2. The number of nitrogens with one attached hydrogen (secondary N) is 1. The number of thioether (sulfide) groups is 1. The molecular weight excluding hydrogens is 418 g/mol. The number of benzene rings is 1. The fourth-order valence-corrected chi connectivity index (χ4v) is 4.26. The predicted octanol–water partition coefficient (Wildman–Crippen LogP) is 5.85. The molecule has 1 N–H and O–H groups in total. The van der Waals surface area contributed by atoms with E-state index in [4.69, 9.17) is 0 Å². The van der Waals surface area contributed by atoms with Crippen LogP contribution in [0.3, 0.4) is 0 Å². The molecule has 1 aromatic carbocycles. The second-order valence-electron chi connectivity index (χ2n) is 7.79. The highest BCUT2D eigenvalue weighted by Gasteiger charge is 2.18. The van der Waals surface area contributed by atoms with Crippen LogP contribution < -0.4 is 15.1 Å². The first-order valence-electron chi connectivity index (χ1n) is 11.9. The van der Waals surface area contributed by atoms with Crippen LogP contribution in [0.5, 0.6) is 0 Å². The summed E-state index contributed by atoms with van der Waals surface area (Å²) in [6.07, 6.45) is 9.77. The quantitative estimate of drug-likeness (QED) is 0.206. The van der Waals surface area contributed by atoms with Crippen LogP contribution in [0.15, 0.2) is 41.7 Å². The van der Waals surface area contributed by atoms with Crippen molar-refractivity contribution in [2.24, 2.45) is 0 Å². The van der Waals surface area contributed by atoms with Gasteiger partial charge in [0.1, 0.15) is 17.0 Å². The number of rotatable bonds is 15. The van der Waals surface area contributed by atoms with Crippen molar-refractivity contribution in [3.05, 3.63) is 36.7 Å². The highest BCUT2D eigenvalue weighted by Crippen LogP contribution is 2.31. The van der Waals surface area contributed by atoms with Crippen LogP contribution in [0.4, 0.5) is 17.2 Å². The lowest BCUT2D eigenvalue weighted by molar-refractivity contribution is -0.116. The monoisotopic (exact) mass is 457 g/mol. The van der Waals surface area contributed by atoms with E-state index in [2.05, 4.69) is 70.1 Å². The van der Waals surface area contributed by atoms with Gasteiger partial charge < -0.3 is 15.1 Å². The third-order valence-corrected chi connectivity index (χ3v) is 6.24. The van der Waals surface area contributed by atoms with Crippen molar-refractivity contribution in [2.45, 2.75) is 64.3 Å². The molecule has 0 spiro atoms. The number of carbonyl (C=O) groups excluding carboxylic acids is 1. The molecule has 2 rings (SSSR count). The summed E-state index contributed by atoms with van der Waals surface area (Å²) in [5, 5.41) is 3.91. The Labute approximate surface area is 198 Å². The number of carbonyl (C=O) groups is 1. The molecular formula is C25H39N5OS. The van der Waals surface area contributed by atoms with Gasteiger partial charge in [0.15, 0.2) is 5.82 Å². The van der Waals surface area contributed by atoms with Crippen molar-refractivity contribution in [1.29, 1.82) is 0 Å². The standard InChI is InChI=1S/C25H39N5OS/c1-5-8-9-13-18-30(21-15-11-10-12-16-21)19-14-17-22(31)28-23-24(29(6-2)7-3)26-20-27-25(23)32-4/h10-12,15-16,20H,5-9,13-14,17-19H2,1-4H3,(H,28,31). The topological polar surface area (TPSA) is 61.4 Å². The average Bonchev–Trinajstić information content (AvgIpc) is 2.82. The van der Waals surface area contributed by atoms with Gasteiger partial charge in [-0.05, 0) is 45.1 Å². The number of hydrogen-bond acceptors (Lipinski definition) is 6. The fourth-order valence-electron chi connectivity index (χ4n) is 3.76. The minimum Gasteiger partial charge on any atom is -0.372 e. The number of nitrogens with zero attached hydrogens (tertiary/aromatic N) is 4. The zero-order valence-corrected chi connectivity index (χ0v) is 21.0. The van der Waals surface area contributed by atoms with Gasteiger partial charge in [0.2, 0.25) is 5.91 Å². The van der Waals surface area contributed by atoms with E-state index in [1.807, 2.05) is 12.3 Å². The maximum absolute atomic E-state index is 12.8. The highest BCUT2D eigenvalue weighted by atomic mass is 32.2. The van der Waals surface area contributed by atoms with Crippen molar-refractivity contribution in [1.82, 2.24) is 9.97 Å². The summed E-state index contributed by atoms with van der Waals surface area (Å²) < 4.78 is 0. The number of para-hydroxylation sites is 1. The first kappa shape index (κ1) is 26.0. The van der Waals surface area contributed by atoms with Crippen molar-refractivity contribution in [3.8, 4) is 0 Å². The first-order chi connectivity index (χ1) is 15.6. The second kappa shape index (κ2) is 14.7. The smallest absolute Gasteiger partial charge is 0.224 e. The van der Waals surface area contributed by atoms with E-state index in [-0.39, 0.29) is 5.91 Å². The van der Waals surface area contributed by atoms with E-state index in [0.717, 1.165) is 49.1 Å². The Kier molecular flexibility index (Phi) is 11.9. The summed E-state index contributed by atoms with van der Waals surface area (Å²) in [5.74, 6) is 0.812. The Bertz CT molecular complexity index is 798. The van der Waals surface area contributed by atoms with Crippen LogP contribution in [-0.2, 0) is 4.79 Å². The lowest BCUT2D eigenvalue weighted by Crippen LogP contribution is -2.27. The summed E-state index contributed by atoms with van der Waals surface area (Å²) in [4.78, 5) is 26.2. The molecule has 1 amide bonds. The number of amides is 1. The SMILES string of the molecule is CCCCCCN(CCCC(=O)Nc1c(SC)ncnc1N(CC)CC)c1ccccc1. The van der Waals surface area contributed by atoms with Gasteiger partial charge in [0, 0.05) is 38.3 Å². The molecule has 1 aromatic heterocycles. The van der Waals surface area contributed by atoms with Gasteiger partial charge in [0.05, 0.1) is 0 Å². The molecule has 0 bridgehead atoms. The summed E-state index contributed by atoms with van der Waals surface area (Å²) >= 11 is 1.53. The van der Waals surface area contributed by atoms with E-state index in [1.165, 1.54) is 43.1 Å². The zero-order chi connectivity index (χ0) is 23.2. The minimum atomic E-state index is 0.0162. The lowest BCUT2D eigenvalue weighted by Gasteiger charge is -2.25. The minimum absolute atomic E-state index is 0.0162. The summed E-state index contributed by atoms with van der Waals surface area (Å²) in [6.45, 7) is 9.97. The second-order valence-corrected chi connectivity index (χ2v) is 8.58. The molecule has 0 saturated carbocycles.